The fraction of sp³-hybridized carbons (Fsp3) is 0.250. The van der Waals surface area contributed by atoms with Gasteiger partial charge in [-0.2, -0.15) is 0 Å². The zero-order valence-corrected chi connectivity index (χ0v) is 16.6. The van der Waals surface area contributed by atoms with Crippen molar-refractivity contribution in [2.75, 3.05) is 33.2 Å². The molecule has 4 aromatic rings. The maximum atomic E-state index is 5.50. The van der Waals surface area contributed by atoms with E-state index in [9.17, 15) is 0 Å². The SMILES string of the molecule is C.COc1cc2cncc(Cc3cc4ccccc4nc3N(C)C)c2cc1OC. The van der Waals surface area contributed by atoms with Crippen molar-refractivity contribution >= 4 is 27.5 Å². The third-order valence-electron chi connectivity index (χ3n) is 4.93. The van der Waals surface area contributed by atoms with Crippen molar-refractivity contribution in [2.45, 2.75) is 13.8 Å². The van der Waals surface area contributed by atoms with E-state index in [4.69, 9.17) is 14.5 Å². The molecule has 2 heterocycles. The average molecular weight is 389 g/mol. The molecule has 150 valence electrons. The van der Waals surface area contributed by atoms with Gasteiger partial charge in [0.15, 0.2) is 11.5 Å². The Labute approximate surface area is 171 Å². The summed E-state index contributed by atoms with van der Waals surface area (Å²) >= 11 is 0. The molecule has 0 radical (unpaired) electrons. The Morgan fingerprint density at radius 3 is 2.31 bits per heavy atom. The minimum atomic E-state index is 0. The van der Waals surface area contributed by atoms with Gasteiger partial charge in [-0.05, 0) is 40.8 Å². The number of methoxy groups -OCH3 is 2. The summed E-state index contributed by atoms with van der Waals surface area (Å²) in [7, 11) is 7.35. The molecule has 0 N–H and O–H groups in total. The van der Waals surface area contributed by atoms with Gasteiger partial charge in [0.25, 0.3) is 0 Å². The van der Waals surface area contributed by atoms with Gasteiger partial charge in [-0.15, -0.1) is 0 Å². The summed E-state index contributed by atoms with van der Waals surface area (Å²) in [5.41, 5.74) is 3.28. The lowest BCUT2D eigenvalue weighted by Gasteiger charge is -2.18. The van der Waals surface area contributed by atoms with Crippen LogP contribution in [0.2, 0.25) is 0 Å². The Hall–Kier alpha value is -3.34. The number of hydrogen-bond donors (Lipinski definition) is 0. The summed E-state index contributed by atoms with van der Waals surface area (Å²) in [6.07, 6.45) is 4.50. The molecule has 0 bridgehead atoms. The smallest absolute Gasteiger partial charge is 0.161 e. The number of nitrogens with zero attached hydrogens (tertiary/aromatic N) is 3. The van der Waals surface area contributed by atoms with Gasteiger partial charge in [0, 0.05) is 43.7 Å². The van der Waals surface area contributed by atoms with Crippen molar-refractivity contribution in [3.63, 3.8) is 0 Å². The first kappa shape index (κ1) is 20.4. The lowest BCUT2D eigenvalue weighted by Crippen LogP contribution is -2.13. The molecular weight excluding hydrogens is 362 g/mol. The lowest BCUT2D eigenvalue weighted by atomic mass is 9.99. The van der Waals surface area contributed by atoms with Crippen LogP contribution in [0, 0.1) is 0 Å². The number of aromatic nitrogens is 2. The average Bonchev–Trinajstić information content (AvgIpc) is 2.72. The summed E-state index contributed by atoms with van der Waals surface area (Å²) in [6.45, 7) is 0. The number of benzene rings is 2. The number of para-hydroxylation sites is 1. The molecule has 0 saturated carbocycles. The third kappa shape index (κ3) is 3.81. The van der Waals surface area contributed by atoms with Crippen molar-refractivity contribution in [1.29, 1.82) is 0 Å². The third-order valence-corrected chi connectivity index (χ3v) is 4.93. The van der Waals surface area contributed by atoms with Crippen LogP contribution in [0.5, 0.6) is 11.5 Å². The molecule has 0 spiro atoms. The van der Waals surface area contributed by atoms with E-state index in [-0.39, 0.29) is 7.43 Å². The Morgan fingerprint density at radius 1 is 0.862 bits per heavy atom. The molecule has 0 atom stereocenters. The second kappa shape index (κ2) is 8.35. The van der Waals surface area contributed by atoms with Crippen LogP contribution >= 0.6 is 0 Å². The van der Waals surface area contributed by atoms with Gasteiger partial charge in [-0.1, -0.05) is 25.6 Å². The van der Waals surface area contributed by atoms with Gasteiger partial charge in [-0.3, -0.25) is 4.98 Å². The monoisotopic (exact) mass is 389 g/mol. The fourth-order valence-electron chi connectivity index (χ4n) is 3.57. The quantitative estimate of drug-likeness (QED) is 0.476. The second-order valence-electron chi connectivity index (χ2n) is 6.96. The van der Waals surface area contributed by atoms with Gasteiger partial charge in [-0.25, -0.2) is 4.98 Å². The van der Waals surface area contributed by atoms with Crippen LogP contribution in [0.15, 0.2) is 54.9 Å². The summed E-state index contributed by atoms with van der Waals surface area (Å²) in [6, 6.07) is 14.4. The summed E-state index contributed by atoms with van der Waals surface area (Å²) < 4.78 is 10.9. The van der Waals surface area contributed by atoms with Gasteiger partial charge < -0.3 is 14.4 Å². The van der Waals surface area contributed by atoms with Crippen LogP contribution in [0.3, 0.4) is 0 Å². The fourth-order valence-corrected chi connectivity index (χ4v) is 3.57. The van der Waals surface area contributed by atoms with Crippen molar-refractivity contribution in [1.82, 2.24) is 9.97 Å². The number of rotatable bonds is 5. The molecule has 0 saturated heterocycles. The van der Waals surface area contributed by atoms with Gasteiger partial charge in [0.1, 0.15) is 5.82 Å². The molecule has 0 unspecified atom stereocenters. The van der Waals surface area contributed by atoms with E-state index < -0.39 is 0 Å². The van der Waals surface area contributed by atoms with Crippen molar-refractivity contribution < 1.29 is 9.47 Å². The lowest BCUT2D eigenvalue weighted by molar-refractivity contribution is 0.356. The van der Waals surface area contributed by atoms with Crippen LogP contribution in [-0.2, 0) is 6.42 Å². The van der Waals surface area contributed by atoms with Crippen LogP contribution in [0.1, 0.15) is 18.6 Å². The molecule has 4 rings (SSSR count). The van der Waals surface area contributed by atoms with Gasteiger partial charge >= 0.3 is 0 Å². The number of ether oxygens (including phenoxy) is 2. The zero-order valence-electron chi connectivity index (χ0n) is 16.6. The van der Waals surface area contributed by atoms with E-state index in [0.717, 1.165) is 45.0 Å². The highest BCUT2D eigenvalue weighted by atomic mass is 16.5. The van der Waals surface area contributed by atoms with Crippen molar-refractivity contribution in [2.24, 2.45) is 0 Å². The molecule has 0 aliphatic heterocycles. The first-order valence-corrected chi connectivity index (χ1v) is 9.15. The highest BCUT2D eigenvalue weighted by Crippen LogP contribution is 2.34. The molecule has 2 aromatic carbocycles. The summed E-state index contributed by atoms with van der Waals surface area (Å²) in [4.78, 5) is 11.4. The second-order valence-corrected chi connectivity index (χ2v) is 6.96. The summed E-state index contributed by atoms with van der Waals surface area (Å²) in [5, 5.41) is 3.26. The largest absolute Gasteiger partial charge is 0.493 e. The van der Waals surface area contributed by atoms with E-state index >= 15 is 0 Å². The Morgan fingerprint density at radius 2 is 1.59 bits per heavy atom. The molecular formula is C24H27N3O2. The molecule has 5 nitrogen and oxygen atoms in total. The van der Waals surface area contributed by atoms with E-state index in [1.165, 1.54) is 0 Å². The van der Waals surface area contributed by atoms with Crippen LogP contribution < -0.4 is 14.4 Å². The maximum absolute atomic E-state index is 5.50. The first-order chi connectivity index (χ1) is 13.6. The molecule has 0 aliphatic carbocycles. The Kier molecular flexibility index (Phi) is 5.87. The number of anilines is 1. The highest BCUT2D eigenvalue weighted by Gasteiger charge is 2.14. The zero-order chi connectivity index (χ0) is 19.7. The normalized spacial score (nSPS) is 10.6. The Balaban J connectivity index is 0.00000240. The number of pyridine rings is 2. The predicted molar refractivity (Wildman–Crippen MR) is 120 cm³/mol. The van der Waals surface area contributed by atoms with Crippen LogP contribution in [-0.4, -0.2) is 38.3 Å². The highest BCUT2D eigenvalue weighted by molar-refractivity contribution is 5.89. The molecule has 5 heteroatoms. The standard InChI is InChI=1S/C23H23N3O2.CH4/c1-26(2)23-16(9-15-7-5-6-8-20(15)25-23)10-17-13-24-14-18-11-21(27-3)22(28-4)12-19(17)18;/h5-9,11-14H,10H2,1-4H3;1H4. The Bertz CT molecular complexity index is 1160. The maximum Gasteiger partial charge on any atom is 0.161 e. The minimum absolute atomic E-state index is 0. The first-order valence-electron chi connectivity index (χ1n) is 9.15. The van der Waals surface area contributed by atoms with Crippen LogP contribution in [0.25, 0.3) is 21.7 Å². The molecule has 0 amide bonds. The molecule has 0 aliphatic rings. The van der Waals surface area contributed by atoms with E-state index in [0.29, 0.717) is 11.5 Å². The molecule has 0 fully saturated rings. The molecule has 29 heavy (non-hydrogen) atoms. The minimum Gasteiger partial charge on any atom is -0.493 e. The summed E-state index contributed by atoms with van der Waals surface area (Å²) in [5.74, 6) is 2.39. The van der Waals surface area contributed by atoms with Crippen LogP contribution in [0.4, 0.5) is 5.82 Å². The van der Waals surface area contributed by atoms with E-state index in [2.05, 4.69) is 22.0 Å². The number of fused-ring (bicyclic) bond motifs is 2. The molecule has 2 aromatic heterocycles. The predicted octanol–water partition coefficient (Wildman–Crippen LogP) is 5.09. The van der Waals surface area contributed by atoms with Gasteiger partial charge in [0.05, 0.1) is 19.7 Å². The van der Waals surface area contributed by atoms with E-state index in [1.807, 2.05) is 56.8 Å². The topological polar surface area (TPSA) is 47.5 Å². The van der Waals surface area contributed by atoms with Gasteiger partial charge in [0.2, 0.25) is 0 Å². The van der Waals surface area contributed by atoms with Crippen molar-refractivity contribution in [3.8, 4) is 11.5 Å². The van der Waals surface area contributed by atoms with E-state index in [1.54, 1.807) is 14.2 Å². The number of hydrogen-bond acceptors (Lipinski definition) is 5. The van der Waals surface area contributed by atoms with Crippen molar-refractivity contribution in [3.05, 3.63) is 66.0 Å².